The van der Waals surface area contributed by atoms with Crippen molar-refractivity contribution in [2.45, 2.75) is 70.7 Å². The van der Waals surface area contributed by atoms with Gasteiger partial charge in [-0.25, -0.2) is 0 Å². The lowest BCUT2D eigenvalue weighted by Crippen LogP contribution is -2.65. The molecule has 6 atom stereocenters. The van der Waals surface area contributed by atoms with Gasteiger partial charge in [0.2, 0.25) is 0 Å². The number of hydrogen-bond donors (Lipinski definition) is 1. The number of nitrogens with one attached hydrogen (secondary N) is 1. The summed E-state index contributed by atoms with van der Waals surface area (Å²) in [6, 6.07) is 17.6. The zero-order valence-corrected chi connectivity index (χ0v) is 22.1. The highest BCUT2D eigenvalue weighted by atomic mass is 16.7. The topological polar surface area (TPSA) is 69.9 Å². The van der Waals surface area contributed by atoms with Crippen LogP contribution in [0.5, 0.6) is 0 Å². The van der Waals surface area contributed by atoms with Crippen LogP contribution in [0.15, 0.2) is 65.3 Å². The van der Waals surface area contributed by atoms with E-state index in [0.29, 0.717) is 24.9 Å². The van der Waals surface area contributed by atoms with Crippen molar-refractivity contribution < 1.29 is 23.3 Å². The number of benzene rings is 2. The minimum atomic E-state index is -0.708. The second-order valence-corrected chi connectivity index (χ2v) is 11.7. The van der Waals surface area contributed by atoms with Crippen LogP contribution in [0.25, 0.3) is 11.0 Å². The van der Waals surface area contributed by atoms with Crippen molar-refractivity contribution in [2.75, 3.05) is 6.61 Å². The second-order valence-electron chi connectivity index (χ2n) is 11.7. The number of ether oxygens (including phenoxy) is 1. The van der Waals surface area contributed by atoms with Crippen LogP contribution in [0.2, 0.25) is 0 Å². The van der Waals surface area contributed by atoms with E-state index >= 15 is 0 Å². The van der Waals surface area contributed by atoms with Gasteiger partial charge in [0.05, 0.1) is 23.9 Å². The Labute approximate surface area is 219 Å². The fraction of sp³-hybridized carbons (Fsp3) is 0.500. The van der Waals surface area contributed by atoms with E-state index < -0.39 is 19.2 Å². The lowest BCUT2D eigenvalue weighted by Gasteiger charge is -2.64. The van der Waals surface area contributed by atoms with Crippen molar-refractivity contribution in [1.82, 2.24) is 5.32 Å². The van der Waals surface area contributed by atoms with Crippen LogP contribution in [0.3, 0.4) is 0 Å². The maximum absolute atomic E-state index is 13.7. The SMILES string of the molecule is CCO[C@@H](C(=O)NC(Cc1coc2ccccc12)B1O[C@@H]2CC3CC(C3(C)C)C2(C)O1)c1ccccc1. The molecule has 3 saturated carbocycles. The molecule has 0 spiro atoms. The first-order valence-corrected chi connectivity index (χ1v) is 13.6. The Morgan fingerprint density at radius 1 is 1.11 bits per heavy atom. The van der Waals surface area contributed by atoms with Gasteiger partial charge in [0.25, 0.3) is 5.91 Å². The van der Waals surface area contributed by atoms with Crippen molar-refractivity contribution in [3.63, 3.8) is 0 Å². The summed E-state index contributed by atoms with van der Waals surface area (Å²) in [6.45, 7) is 9.25. The molecule has 4 aliphatic rings. The van der Waals surface area contributed by atoms with Crippen molar-refractivity contribution >= 4 is 24.0 Å². The quantitative estimate of drug-likeness (QED) is 0.413. The number of amides is 1. The van der Waals surface area contributed by atoms with E-state index in [2.05, 4.69) is 32.2 Å². The molecule has 2 aromatic carbocycles. The highest BCUT2D eigenvalue weighted by Crippen LogP contribution is 2.65. The predicted molar refractivity (Wildman–Crippen MR) is 143 cm³/mol. The van der Waals surface area contributed by atoms with Gasteiger partial charge in [0.15, 0.2) is 6.10 Å². The van der Waals surface area contributed by atoms with Crippen LogP contribution in [-0.4, -0.2) is 37.3 Å². The van der Waals surface area contributed by atoms with E-state index in [9.17, 15) is 4.79 Å². The van der Waals surface area contributed by atoms with Crippen LogP contribution >= 0.6 is 0 Å². The van der Waals surface area contributed by atoms with Gasteiger partial charge in [-0.2, -0.15) is 0 Å². The molecule has 6 nitrogen and oxygen atoms in total. The van der Waals surface area contributed by atoms with E-state index in [4.69, 9.17) is 18.5 Å². The molecule has 194 valence electrons. The third-order valence-electron chi connectivity index (χ3n) is 9.30. The van der Waals surface area contributed by atoms with Gasteiger partial charge in [0.1, 0.15) is 5.58 Å². The number of carbonyl (C=O) groups is 1. The molecular weight excluding hydrogens is 465 g/mol. The minimum absolute atomic E-state index is 0.0339. The van der Waals surface area contributed by atoms with E-state index in [1.807, 2.05) is 55.5 Å². The van der Waals surface area contributed by atoms with E-state index in [1.165, 1.54) is 6.42 Å². The van der Waals surface area contributed by atoms with Crippen LogP contribution in [0.1, 0.15) is 57.8 Å². The smallest absolute Gasteiger partial charge is 0.464 e. The number of furan rings is 1. The molecule has 0 radical (unpaired) electrons. The van der Waals surface area contributed by atoms with Gasteiger partial charge in [-0.15, -0.1) is 0 Å². The molecule has 3 aromatic rings. The molecule has 1 amide bonds. The number of hydrogen-bond acceptors (Lipinski definition) is 5. The first-order chi connectivity index (χ1) is 17.8. The minimum Gasteiger partial charge on any atom is -0.464 e. The molecule has 3 aliphatic carbocycles. The number of fused-ring (bicyclic) bond motifs is 1. The average molecular weight is 501 g/mol. The Morgan fingerprint density at radius 3 is 2.62 bits per heavy atom. The highest BCUT2D eigenvalue weighted by molar-refractivity contribution is 6.48. The molecule has 4 fully saturated rings. The predicted octanol–water partition coefficient (Wildman–Crippen LogP) is 5.51. The lowest BCUT2D eigenvalue weighted by atomic mass is 9.43. The number of para-hydroxylation sites is 1. The van der Waals surface area contributed by atoms with Crippen LogP contribution in [0.4, 0.5) is 0 Å². The van der Waals surface area contributed by atoms with Gasteiger partial charge in [-0.3, -0.25) is 4.79 Å². The van der Waals surface area contributed by atoms with E-state index in [-0.39, 0.29) is 23.0 Å². The van der Waals surface area contributed by atoms with Gasteiger partial charge < -0.3 is 23.8 Å². The highest BCUT2D eigenvalue weighted by Gasteiger charge is 2.68. The largest absolute Gasteiger partial charge is 0.482 e. The van der Waals surface area contributed by atoms with Gasteiger partial charge >= 0.3 is 7.12 Å². The Hall–Kier alpha value is -2.61. The lowest BCUT2D eigenvalue weighted by molar-refractivity contribution is -0.199. The molecule has 1 N–H and O–H groups in total. The monoisotopic (exact) mass is 501 g/mol. The summed E-state index contributed by atoms with van der Waals surface area (Å²) in [4.78, 5) is 13.7. The number of rotatable bonds is 8. The molecule has 37 heavy (non-hydrogen) atoms. The summed E-state index contributed by atoms with van der Waals surface area (Å²) in [5.74, 6) is 0.509. The molecule has 2 heterocycles. The molecule has 7 heteroatoms. The molecule has 1 saturated heterocycles. The van der Waals surface area contributed by atoms with Crippen molar-refractivity contribution in [3.8, 4) is 0 Å². The Bertz CT molecular complexity index is 1280. The summed E-state index contributed by atoms with van der Waals surface area (Å²) in [6.07, 6.45) is 3.82. The average Bonchev–Trinajstić information content (AvgIpc) is 3.47. The third-order valence-corrected chi connectivity index (χ3v) is 9.30. The van der Waals surface area contributed by atoms with Crippen LogP contribution < -0.4 is 5.32 Å². The summed E-state index contributed by atoms with van der Waals surface area (Å²) in [7, 11) is -0.555. The Balaban J connectivity index is 1.29. The Kier molecular flexibility index (Phi) is 6.21. The first-order valence-electron chi connectivity index (χ1n) is 13.6. The number of carbonyl (C=O) groups excluding carboxylic acids is 1. The second kappa shape index (κ2) is 9.30. The van der Waals surface area contributed by atoms with Crippen molar-refractivity contribution in [2.24, 2.45) is 17.3 Å². The van der Waals surface area contributed by atoms with Crippen LogP contribution in [-0.2, 0) is 25.3 Å². The van der Waals surface area contributed by atoms with E-state index in [1.54, 1.807) is 6.26 Å². The zero-order valence-electron chi connectivity index (χ0n) is 22.1. The summed E-state index contributed by atoms with van der Waals surface area (Å²) in [5, 5.41) is 4.30. The molecule has 2 bridgehead atoms. The molecule has 4 unspecified atom stereocenters. The fourth-order valence-corrected chi connectivity index (χ4v) is 7.09. The standard InChI is InChI=1S/C30H36BNO5/c1-5-34-27(19-11-7-6-8-12-19)28(33)32-26(15-20-18-35-23-14-10-9-13-22(20)23)31-36-25-17-21-16-24(29(21,2)3)30(25,4)37-31/h6-14,18,21,24-27H,5,15-17H2,1-4H3,(H,32,33)/t21?,24?,25-,26?,27-,30?/m1/s1. The zero-order chi connectivity index (χ0) is 25.8. The summed E-state index contributed by atoms with van der Waals surface area (Å²) < 4.78 is 25.2. The molecule has 7 rings (SSSR count). The normalized spacial score (nSPS) is 29.4. The van der Waals surface area contributed by atoms with E-state index in [0.717, 1.165) is 28.5 Å². The van der Waals surface area contributed by atoms with Gasteiger partial charge in [-0.1, -0.05) is 62.4 Å². The van der Waals surface area contributed by atoms with Gasteiger partial charge in [0, 0.05) is 12.0 Å². The van der Waals surface area contributed by atoms with Crippen molar-refractivity contribution in [1.29, 1.82) is 0 Å². The summed E-state index contributed by atoms with van der Waals surface area (Å²) in [5.41, 5.74) is 2.56. The van der Waals surface area contributed by atoms with Crippen molar-refractivity contribution in [3.05, 3.63) is 72.0 Å². The summed E-state index contributed by atoms with van der Waals surface area (Å²) >= 11 is 0. The molecular formula is C30H36BNO5. The van der Waals surface area contributed by atoms with Gasteiger partial charge in [-0.05, 0) is 67.6 Å². The molecule has 1 aromatic heterocycles. The Morgan fingerprint density at radius 2 is 1.86 bits per heavy atom. The molecule has 1 aliphatic heterocycles. The maximum atomic E-state index is 13.7. The third kappa shape index (κ3) is 4.12. The first kappa shape index (κ1) is 24.7. The fourth-order valence-electron chi connectivity index (χ4n) is 7.09. The maximum Gasteiger partial charge on any atom is 0.482 e. The van der Waals surface area contributed by atoms with Crippen LogP contribution in [0, 0.1) is 17.3 Å².